The minimum atomic E-state index is -0.716. The van der Waals surface area contributed by atoms with E-state index < -0.39 is 23.3 Å². The molecule has 2 heterocycles. The van der Waals surface area contributed by atoms with Crippen LogP contribution in [0.15, 0.2) is 58.5 Å². The van der Waals surface area contributed by atoms with Crippen LogP contribution in [0.2, 0.25) is 5.02 Å². The van der Waals surface area contributed by atoms with Gasteiger partial charge in [0.2, 0.25) is 0 Å². The third kappa shape index (κ3) is 7.34. The van der Waals surface area contributed by atoms with Gasteiger partial charge in [0.1, 0.15) is 6.20 Å². The summed E-state index contributed by atoms with van der Waals surface area (Å²) in [5, 5.41) is 25.5. The maximum absolute atomic E-state index is 13.0. The fourth-order valence-corrected chi connectivity index (χ4v) is 3.80. The molecule has 1 unspecified atom stereocenters. The lowest BCUT2D eigenvalue weighted by Crippen LogP contribution is -2.40. The Morgan fingerprint density at radius 3 is 2.72 bits per heavy atom. The van der Waals surface area contributed by atoms with Gasteiger partial charge < -0.3 is 10.4 Å². The highest BCUT2D eigenvalue weighted by Gasteiger charge is 2.16. The van der Waals surface area contributed by atoms with Crippen molar-refractivity contribution in [2.45, 2.75) is 51.2 Å². The highest BCUT2D eigenvalue weighted by Crippen LogP contribution is 2.19. The van der Waals surface area contributed by atoms with E-state index in [4.69, 9.17) is 16.9 Å². The SMILES string of the molecule is N#CCCCCCCC(O)CNC(=O)c1cc(-n2ncc(=O)n(Cc3cccnc3)c2=O)ccc1Cl. The molecule has 1 atom stereocenters. The summed E-state index contributed by atoms with van der Waals surface area (Å²) in [7, 11) is 0. The molecule has 1 amide bonds. The molecule has 0 saturated heterocycles. The van der Waals surface area contributed by atoms with Crippen LogP contribution in [-0.2, 0) is 6.54 Å². The Kier molecular flexibility index (Phi) is 9.92. The van der Waals surface area contributed by atoms with Crippen molar-refractivity contribution in [1.82, 2.24) is 24.6 Å². The molecule has 11 heteroatoms. The molecule has 3 aromatic rings. The van der Waals surface area contributed by atoms with Crippen LogP contribution in [0.5, 0.6) is 0 Å². The molecule has 0 saturated carbocycles. The Labute approximate surface area is 212 Å². The van der Waals surface area contributed by atoms with Gasteiger partial charge in [-0.3, -0.25) is 19.1 Å². The fraction of sp³-hybridized carbons (Fsp3) is 0.360. The van der Waals surface area contributed by atoms with E-state index in [1.165, 1.54) is 18.2 Å². The van der Waals surface area contributed by atoms with Crippen molar-refractivity contribution in [3.05, 3.63) is 85.9 Å². The number of nitrogens with one attached hydrogen (secondary N) is 1. The number of nitriles is 1. The number of carbonyl (C=O) groups is 1. The molecular weight excluding hydrogens is 484 g/mol. The highest BCUT2D eigenvalue weighted by molar-refractivity contribution is 6.33. The minimum absolute atomic E-state index is 0.0190. The Bertz CT molecular complexity index is 1330. The van der Waals surface area contributed by atoms with E-state index in [1.54, 1.807) is 24.5 Å². The lowest BCUT2D eigenvalue weighted by Gasteiger charge is -2.14. The van der Waals surface area contributed by atoms with Crippen molar-refractivity contribution in [3.63, 3.8) is 0 Å². The highest BCUT2D eigenvalue weighted by atomic mass is 35.5. The summed E-state index contributed by atoms with van der Waals surface area (Å²) in [6, 6.07) is 9.96. The molecule has 2 aromatic heterocycles. The number of halogens is 1. The van der Waals surface area contributed by atoms with Gasteiger partial charge in [-0.05, 0) is 42.7 Å². The van der Waals surface area contributed by atoms with Crippen molar-refractivity contribution in [2.24, 2.45) is 0 Å². The number of aliphatic hydroxyl groups excluding tert-OH is 1. The molecule has 188 valence electrons. The van der Waals surface area contributed by atoms with Crippen LogP contribution in [0.1, 0.15) is 54.4 Å². The van der Waals surface area contributed by atoms with Gasteiger partial charge in [-0.15, -0.1) is 0 Å². The second-order valence-electron chi connectivity index (χ2n) is 8.26. The first kappa shape index (κ1) is 26.8. The number of hydrogen-bond donors (Lipinski definition) is 2. The average Bonchev–Trinajstić information content (AvgIpc) is 2.88. The Balaban J connectivity index is 1.69. The molecule has 0 fully saturated rings. The number of hydrogen-bond acceptors (Lipinski definition) is 7. The standard InChI is InChI=1S/C25H27ClN6O4/c26-22-10-9-19(13-21(22)24(35)29-15-20(33)8-4-2-1-3-5-11-27)32-25(36)31(23(34)16-30-32)17-18-7-6-12-28-14-18/h6-7,9-10,12-14,16,20,33H,1-5,8,15,17H2,(H,29,35). The first-order chi connectivity index (χ1) is 17.4. The monoisotopic (exact) mass is 510 g/mol. The summed E-state index contributed by atoms with van der Waals surface area (Å²) in [6.45, 7) is 0.0664. The largest absolute Gasteiger partial charge is 0.391 e. The van der Waals surface area contributed by atoms with Crippen LogP contribution >= 0.6 is 11.6 Å². The molecule has 0 bridgehead atoms. The minimum Gasteiger partial charge on any atom is -0.391 e. The van der Waals surface area contributed by atoms with E-state index in [-0.39, 0.29) is 29.4 Å². The third-order valence-electron chi connectivity index (χ3n) is 5.54. The first-order valence-electron chi connectivity index (χ1n) is 11.6. The number of amides is 1. The average molecular weight is 511 g/mol. The number of aliphatic hydroxyl groups is 1. The van der Waals surface area contributed by atoms with E-state index in [0.717, 1.165) is 41.1 Å². The van der Waals surface area contributed by atoms with E-state index in [9.17, 15) is 19.5 Å². The second-order valence-corrected chi connectivity index (χ2v) is 8.67. The zero-order chi connectivity index (χ0) is 25.9. The van der Waals surface area contributed by atoms with Crippen LogP contribution < -0.4 is 16.6 Å². The van der Waals surface area contributed by atoms with E-state index in [0.29, 0.717) is 18.4 Å². The lowest BCUT2D eigenvalue weighted by atomic mass is 10.1. The molecule has 0 spiro atoms. The second kappa shape index (κ2) is 13.3. The Morgan fingerprint density at radius 2 is 1.97 bits per heavy atom. The van der Waals surface area contributed by atoms with Gasteiger partial charge in [0.15, 0.2) is 0 Å². The van der Waals surface area contributed by atoms with E-state index in [1.807, 2.05) is 0 Å². The smallest absolute Gasteiger partial charge is 0.352 e. The molecule has 0 aliphatic carbocycles. The Morgan fingerprint density at radius 1 is 1.17 bits per heavy atom. The number of carbonyl (C=O) groups excluding carboxylic acids is 1. The molecule has 3 rings (SSSR count). The first-order valence-corrected chi connectivity index (χ1v) is 12.0. The Hall–Kier alpha value is -3.81. The molecule has 0 aliphatic heterocycles. The van der Waals surface area contributed by atoms with Crippen molar-refractivity contribution in [2.75, 3.05) is 6.54 Å². The zero-order valence-corrected chi connectivity index (χ0v) is 20.4. The topological polar surface area (TPSA) is 143 Å². The quantitative estimate of drug-likeness (QED) is 0.356. The van der Waals surface area contributed by atoms with Crippen LogP contribution in [0.25, 0.3) is 5.69 Å². The van der Waals surface area contributed by atoms with Gasteiger partial charge in [-0.2, -0.15) is 15.0 Å². The number of pyridine rings is 1. The number of rotatable bonds is 12. The zero-order valence-electron chi connectivity index (χ0n) is 19.6. The van der Waals surface area contributed by atoms with Crippen LogP contribution in [0.4, 0.5) is 0 Å². The van der Waals surface area contributed by atoms with Gasteiger partial charge >= 0.3 is 5.69 Å². The lowest BCUT2D eigenvalue weighted by molar-refractivity contribution is 0.0908. The summed E-state index contributed by atoms with van der Waals surface area (Å²) < 4.78 is 2.04. The summed E-state index contributed by atoms with van der Waals surface area (Å²) in [4.78, 5) is 42.0. The summed E-state index contributed by atoms with van der Waals surface area (Å²) in [6.07, 6.45) is 8.00. The molecule has 0 radical (unpaired) electrons. The number of aromatic nitrogens is 4. The maximum atomic E-state index is 13.0. The van der Waals surface area contributed by atoms with Crippen molar-refractivity contribution < 1.29 is 9.90 Å². The van der Waals surface area contributed by atoms with Crippen molar-refractivity contribution in [1.29, 1.82) is 5.26 Å². The van der Waals surface area contributed by atoms with Crippen molar-refractivity contribution >= 4 is 17.5 Å². The third-order valence-corrected chi connectivity index (χ3v) is 5.87. The van der Waals surface area contributed by atoms with Crippen molar-refractivity contribution in [3.8, 4) is 11.8 Å². The van der Waals surface area contributed by atoms with Gasteiger partial charge in [0.25, 0.3) is 11.5 Å². The number of benzene rings is 1. The van der Waals surface area contributed by atoms with Gasteiger partial charge in [-0.1, -0.05) is 36.9 Å². The van der Waals surface area contributed by atoms with Crippen LogP contribution in [0, 0.1) is 11.3 Å². The van der Waals surface area contributed by atoms with E-state index in [2.05, 4.69) is 21.5 Å². The van der Waals surface area contributed by atoms with Gasteiger partial charge in [-0.25, -0.2) is 4.79 Å². The number of nitrogens with zero attached hydrogens (tertiary/aromatic N) is 5. The maximum Gasteiger partial charge on any atom is 0.352 e. The molecule has 10 nitrogen and oxygen atoms in total. The molecule has 1 aromatic carbocycles. The van der Waals surface area contributed by atoms with Crippen LogP contribution in [-0.4, -0.2) is 43.0 Å². The fourth-order valence-electron chi connectivity index (χ4n) is 3.60. The number of unbranched alkanes of at least 4 members (excludes halogenated alkanes) is 4. The molecular formula is C25H27ClN6O4. The van der Waals surface area contributed by atoms with Gasteiger partial charge in [0.05, 0.1) is 35.0 Å². The molecule has 36 heavy (non-hydrogen) atoms. The predicted molar refractivity (Wildman–Crippen MR) is 134 cm³/mol. The summed E-state index contributed by atoms with van der Waals surface area (Å²) in [5.41, 5.74) is -0.202. The summed E-state index contributed by atoms with van der Waals surface area (Å²) in [5.74, 6) is -0.508. The normalized spacial score (nSPS) is 11.6. The van der Waals surface area contributed by atoms with Crippen LogP contribution in [0.3, 0.4) is 0 Å². The van der Waals surface area contributed by atoms with E-state index >= 15 is 0 Å². The summed E-state index contributed by atoms with van der Waals surface area (Å²) >= 11 is 6.23. The molecule has 2 N–H and O–H groups in total. The molecule has 0 aliphatic rings. The predicted octanol–water partition coefficient (Wildman–Crippen LogP) is 2.45. The van der Waals surface area contributed by atoms with Gasteiger partial charge in [0, 0.05) is 25.4 Å².